The van der Waals surface area contributed by atoms with E-state index in [-0.39, 0.29) is 12.5 Å². The van der Waals surface area contributed by atoms with Crippen LogP contribution in [-0.2, 0) is 16.1 Å². The Morgan fingerprint density at radius 1 is 1.22 bits per heavy atom. The van der Waals surface area contributed by atoms with Gasteiger partial charge in [-0.1, -0.05) is 35.6 Å². The van der Waals surface area contributed by atoms with Crippen LogP contribution in [0.3, 0.4) is 0 Å². The lowest BCUT2D eigenvalue weighted by atomic mass is 10.2. The first-order chi connectivity index (χ1) is 13.0. The van der Waals surface area contributed by atoms with Gasteiger partial charge in [0, 0.05) is 17.1 Å². The molecule has 1 amide bonds. The molecule has 4 rings (SSSR count). The Hall–Kier alpha value is -3.19. The first kappa shape index (κ1) is 17.2. The van der Waals surface area contributed by atoms with Crippen LogP contribution in [0.1, 0.15) is 15.9 Å². The van der Waals surface area contributed by atoms with Crippen LogP contribution in [-0.4, -0.2) is 28.5 Å². The SMILES string of the molecule is COC(=O)c1cn(CC(=O)Nc2nc3ccc(C)cc3s2)c2ccccc12. The number of nitrogens with zero attached hydrogens (tertiary/aromatic N) is 2. The minimum Gasteiger partial charge on any atom is -0.465 e. The standard InChI is InChI=1S/C20H17N3O3S/c1-12-7-8-15-17(9-12)27-20(21-15)22-18(24)11-23-10-14(19(25)26-2)13-5-3-4-6-16(13)23/h3-10H,11H2,1-2H3,(H,21,22,24). The normalized spacial score (nSPS) is 11.0. The fourth-order valence-electron chi connectivity index (χ4n) is 3.05. The molecule has 2 heterocycles. The molecule has 4 aromatic rings. The summed E-state index contributed by atoms with van der Waals surface area (Å²) in [6.07, 6.45) is 1.65. The summed E-state index contributed by atoms with van der Waals surface area (Å²) in [5.74, 6) is -0.630. The highest BCUT2D eigenvalue weighted by Gasteiger charge is 2.17. The molecule has 0 aliphatic heterocycles. The minimum absolute atomic E-state index is 0.0759. The molecule has 1 N–H and O–H groups in total. The van der Waals surface area contributed by atoms with Crippen LogP contribution in [0.25, 0.3) is 21.1 Å². The van der Waals surface area contributed by atoms with Crippen molar-refractivity contribution in [2.24, 2.45) is 0 Å². The lowest BCUT2D eigenvalue weighted by Gasteiger charge is -2.04. The summed E-state index contributed by atoms with van der Waals surface area (Å²) in [6, 6.07) is 13.4. The monoisotopic (exact) mass is 379 g/mol. The molecule has 0 saturated heterocycles. The Labute approximate surface area is 159 Å². The lowest BCUT2D eigenvalue weighted by molar-refractivity contribution is -0.116. The largest absolute Gasteiger partial charge is 0.465 e. The number of carbonyl (C=O) groups is 2. The van der Waals surface area contributed by atoms with E-state index in [0.717, 1.165) is 26.7 Å². The number of rotatable bonds is 4. The number of aryl methyl sites for hydroxylation is 1. The average Bonchev–Trinajstić information content (AvgIpc) is 3.21. The van der Waals surface area contributed by atoms with E-state index >= 15 is 0 Å². The lowest BCUT2D eigenvalue weighted by Crippen LogP contribution is -2.18. The Morgan fingerprint density at radius 3 is 2.85 bits per heavy atom. The van der Waals surface area contributed by atoms with Crippen molar-refractivity contribution in [3.05, 3.63) is 59.8 Å². The zero-order chi connectivity index (χ0) is 19.0. The van der Waals surface area contributed by atoms with Crippen LogP contribution in [0.4, 0.5) is 5.13 Å². The maximum atomic E-state index is 12.5. The number of methoxy groups -OCH3 is 1. The average molecular weight is 379 g/mol. The number of amides is 1. The number of hydrogen-bond acceptors (Lipinski definition) is 5. The van der Waals surface area contributed by atoms with Crippen molar-refractivity contribution in [1.29, 1.82) is 0 Å². The van der Waals surface area contributed by atoms with Crippen molar-refractivity contribution >= 4 is 49.5 Å². The molecule has 136 valence electrons. The van der Waals surface area contributed by atoms with Gasteiger partial charge in [0.2, 0.25) is 5.91 Å². The Bertz CT molecular complexity index is 1180. The predicted molar refractivity (Wildman–Crippen MR) is 106 cm³/mol. The molecule has 27 heavy (non-hydrogen) atoms. The second kappa shape index (κ2) is 6.85. The molecule has 0 unspecified atom stereocenters. The van der Waals surface area contributed by atoms with Gasteiger partial charge in [-0.3, -0.25) is 4.79 Å². The van der Waals surface area contributed by atoms with E-state index in [9.17, 15) is 9.59 Å². The van der Waals surface area contributed by atoms with Crippen LogP contribution in [0, 0.1) is 6.92 Å². The van der Waals surface area contributed by atoms with Gasteiger partial charge in [0.25, 0.3) is 0 Å². The molecule has 0 aliphatic rings. The second-order valence-electron chi connectivity index (χ2n) is 6.22. The van der Waals surface area contributed by atoms with Crippen molar-refractivity contribution in [3.8, 4) is 0 Å². The number of hydrogen-bond donors (Lipinski definition) is 1. The third-order valence-electron chi connectivity index (χ3n) is 4.30. The van der Waals surface area contributed by atoms with Crippen LogP contribution < -0.4 is 5.32 Å². The maximum Gasteiger partial charge on any atom is 0.340 e. The second-order valence-corrected chi connectivity index (χ2v) is 7.25. The molecule has 0 atom stereocenters. The fourth-order valence-corrected chi connectivity index (χ4v) is 4.03. The highest BCUT2D eigenvalue weighted by molar-refractivity contribution is 7.22. The van der Waals surface area contributed by atoms with Crippen molar-refractivity contribution in [2.45, 2.75) is 13.5 Å². The number of anilines is 1. The highest BCUT2D eigenvalue weighted by Crippen LogP contribution is 2.27. The molecule has 0 spiro atoms. The Kier molecular flexibility index (Phi) is 4.37. The van der Waals surface area contributed by atoms with E-state index in [2.05, 4.69) is 10.3 Å². The van der Waals surface area contributed by atoms with Gasteiger partial charge >= 0.3 is 5.97 Å². The van der Waals surface area contributed by atoms with Crippen LogP contribution in [0.2, 0.25) is 0 Å². The molecule has 7 heteroatoms. The first-order valence-electron chi connectivity index (χ1n) is 8.38. The van der Waals surface area contributed by atoms with E-state index in [4.69, 9.17) is 4.74 Å². The topological polar surface area (TPSA) is 73.2 Å². The molecule has 0 radical (unpaired) electrons. The van der Waals surface area contributed by atoms with E-state index in [1.165, 1.54) is 18.4 Å². The highest BCUT2D eigenvalue weighted by atomic mass is 32.1. The molecule has 0 saturated carbocycles. The summed E-state index contributed by atoms with van der Waals surface area (Å²) in [5.41, 5.74) is 3.25. The molecule has 6 nitrogen and oxygen atoms in total. The Balaban J connectivity index is 1.59. The summed E-state index contributed by atoms with van der Waals surface area (Å²) in [7, 11) is 1.34. The van der Waals surface area contributed by atoms with Gasteiger partial charge in [-0.2, -0.15) is 0 Å². The zero-order valence-electron chi connectivity index (χ0n) is 14.9. The van der Waals surface area contributed by atoms with Crippen LogP contribution in [0.5, 0.6) is 0 Å². The van der Waals surface area contributed by atoms with Gasteiger partial charge in [-0.05, 0) is 30.7 Å². The van der Waals surface area contributed by atoms with Gasteiger partial charge in [0.15, 0.2) is 5.13 Å². The number of para-hydroxylation sites is 1. The zero-order valence-corrected chi connectivity index (χ0v) is 15.7. The number of ether oxygens (including phenoxy) is 1. The van der Waals surface area contributed by atoms with E-state index < -0.39 is 5.97 Å². The smallest absolute Gasteiger partial charge is 0.340 e. The molecular formula is C20H17N3O3S. The van der Waals surface area contributed by atoms with E-state index in [1.807, 2.05) is 49.4 Å². The van der Waals surface area contributed by atoms with Crippen LogP contribution in [0.15, 0.2) is 48.7 Å². The van der Waals surface area contributed by atoms with Crippen molar-refractivity contribution < 1.29 is 14.3 Å². The number of nitrogens with one attached hydrogen (secondary N) is 1. The van der Waals surface area contributed by atoms with Gasteiger partial charge < -0.3 is 14.6 Å². The van der Waals surface area contributed by atoms with Gasteiger partial charge in [0.1, 0.15) is 6.54 Å². The van der Waals surface area contributed by atoms with Crippen molar-refractivity contribution in [2.75, 3.05) is 12.4 Å². The quantitative estimate of drug-likeness (QED) is 0.544. The summed E-state index contributed by atoms with van der Waals surface area (Å²) in [4.78, 5) is 29.0. The molecule has 0 aliphatic carbocycles. The summed E-state index contributed by atoms with van der Waals surface area (Å²) < 4.78 is 7.62. The third kappa shape index (κ3) is 3.29. The maximum absolute atomic E-state index is 12.5. The predicted octanol–water partition coefficient (Wildman–Crippen LogP) is 3.98. The number of aromatic nitrogens is 2. The number of fused-ring (bicyclic) bond motifs is 2. The molecule has 0 fully saturated rings. The van der Waals surface area contributed by atoms with E-state index in [0.29, 0.717) is 10.7 Å². The summed E-state index contributed by atoms with van der Waals surface area (Å²) in [6.45, 7) is 2.10. The molecule has 0 bridgehead atoms. The van der Waals surface area contributed by atoms with Crippen LogP contribution >= 0.6 is 11.3 Å². The molecule has 2 aromatic carbocycles. The van der Waals surface area contributed by atoms with E-state index in [1.54, 1.807) is 10.8 Å². The van der Waals surface area contributed by atoms with Crippen molar-refractivity contribution in [3.63, 3.8) is 0 Å². The summed E-state index contributed by atoms with van der Waals surface area (Å²) in [5, 5.41) is 4.17. The molecule has 2 aromatic heterocycles. The van der Waals surface area contributed by atoms with Gasteiger partial charge in [-0.25, -0.2) is 9.78 Å². The first-order valence-corrected chi connectivity index (χ1v) is 9.20. The number of thiazole rings is 1. The number of esters is 1. The third-order valence-corrected chi connectivity index (χ3v) is 5.23. The minimum atomic E-state index is -0.424. The van der Waals surface area contributed by atoms with Gasteiger partial charge in [-0.15, -0.1) is 0 Å². The molecular weight excluding hydrogens is 362 g/mol. The van der Waals surface area contributed by atoms with Crippen molar-refractivity contribution in [1.82, 2.24) is 9.55 Å². The van der Waals surface area contributed by atoms with Gasteiger partial charge in [0.05, 0.1) is 22.9 Å². The fraction of sp³-hybridized carbons (Fsp3) is 0.150. The number of benzene rings is 2. The summed E-state index contributed by atoms with van der Waals surface area (Å²) >= 11 is 1.44. The Morgan fingerprint density at radius 2 is 2.04 bits per heavy atom. The number of carbonyl (C=O) groups excluding carboxylic acids is 2.